The summed E-state index contributed by atoms with van der Waals surface area (Å²) in [5.41, 5.74) is 1.36. The molecule has 6 nitrogen and oxygen atoms in total. The zero-order valence-electron chi connectivity index (χ0n) is 17.0. The van der Waals surface area contributed by atoms with Crippen molar-refractivity contribution in [1.82, 2.24) is 9.88 Å². The van der Waals surface area contributed by atoms with Gasteiger partial charge in [-0.2, -0.15) is 0 Å². The van der Waals surface area contributed by atoms with Crippen LogP contribution in [0.1, 0.15) is 16.8 Å². The maximum atomic E-state index is 13.4. The lowest BCUT2D eigenvalue weighted by Crippen LogP contribution is -2.33. The van der Waals surface area contributed by atoms with Gasteiger partial charge in [0.2, 0.25) is 0 Å². The number of carbonyl (C=O) groups excluding carboxylic acids is 1. The average Bonchev–Trinajstić information content (AvgIpc) is 3.13. The van der Waals surface area contributed by atoms with E-state index in [1.165, 1.54) is 11.3 Å². The van der Waals surface area contributed by atoms with E-state index in [-0.39, 0.29) is 18.3 Å². The molecule has 3 aromatic rings. The maximum absolute atomic E-state index is 13.4. The highest BCUT2D eigenvalue weighted by Gasteiger charge is 2.23. The third kappa shape index (κ3) is 5.38. The van der Waals surface area contributed by atoms with E-state index < -0.39 is 0 Å². The lowest BCUT2D eigenvalue weighted by Gasteiger charge is -2.22. The molecule has 0 saturated carbocycles. The summed E-state index contributed by atoms with van der Waals surface area (Å²) in [6, 6.07) is 13.1. The molecule has 29 heavy (non-hydrogen) atoms. The van der Waals surface area contributed by atoms with Crippen LogP contribution in [0.3, 0.4) is 0 Å². The molecule has 0 radical (unpaired) electrons. The van der Waals surface area contributed by atoms with Crippen molar-refractivity contribution in [3.05, 3.63) is 48.0 Å². The number of rotatable bonds is 8. The minimum atomic E-state index is -0.109. The van der Waals surface area contributed by atoms with Crippen LogP contribution in [0.2, 0.25) is 0 Å². The Morgan fingerprint density at radius 1 is 1.07 bits per heavy atom. The summed E-state index contributed by atoms with van der Waals surface area (Å²) in [6.45, 7) is 1.46. The second kappa shape index (κ2) is 10.4. The van der Waals surface area contributed by atoms with Crippen LogP contribution < -0.4 is 14.4 Å². The number of carbonyl (C=O) groups is 1. The van der Waals surface area contributed by atoms with E-state index in [0.29, 0.717) is 23.0 Å². The highest BCUT2D eigenvalue weighted by molar-refractivity contribution is 7.22. The number of hydrogen-bond acceptors (Lipinski definition) is 6. The quantitative estimate of drug-likeness (QED) is 0.527. The summed E-state index contributed by atoms with van der Waals surface area (Å²) in [5.74, 6) is 1.20. The Morgan fingerprint density at radius 3 is 2.52 bits per heavy atom. The zero-order chi connectivity index (χ0) is 20.1. The average molecular weight is 436 g/mol. The monoisotopic (exact) mass is 435 g/mol. The first kappa shape index (κ1) is 22.9. The van der Waals surface area contributed by atoms with Crippen molar-refractivity contribution in [1.29, 1.82) is 0 Å². The van der Waals surface area contributed by atoms with Crippen molar-refractivity contribution in [3.8, 4) is 11.5 Å². The van der Waals surface area contributed by atoms with Crippen LogP contribution in [0.5, 0.6) is 11.5 Å². The topological polar surface area (TPSA) is 54.9 Å². The Bertz CT molecular complexity index is 961. The number of halogens is 1. The number of thiazole rings is 1. The van der Waals surface area contributed by atoms with Crippen molar-refractivity contribution in [2.75, 3.05) is 46.3 Å². The number of amides is 1. The number of anilines is 1. The summed E-state index contributed by atoms with van der Waals surface area (Å²) in [6.07, 6.45) is 0.840. The molecule has 8 heteroatoms. The fourth-order valence-electron chi connectivity index (χ4n) is 2.93. The first-order chi connectivity index (χ1) is 13.5. The molecule has 0 unspecified atom stereocenters. The van der Waals surface area contributed by atoms with Gasteiger partial charge >= 0.3 is 0 Å². The Balaban J connectivity index is 0.00000300. The second-order valence-electron chi connectivity index (χ2n) is 6.64. The largest absolute Gasteiger partial charge is 0.497 e. The van der Waals surface area contributed by atoms with Gasteiger partial charge in [-0.3, -0.25) is 9.69 Å². The van der Waals surface area contributed by atoms with Crippen LogP contribution in [-0.2, 0) is 0 Å². The summed E-state index contributed by atoms with van der Waals surface area (Å²) >= 11 is 1.50. The van der Waals surface area contributed by atoms with Gasteiger partial charge in [0.25, 0.3) is 5.91 Å². The van der Waals surface area contributed by atoms with Crippen LogP contribution in [0.15, 0.2) is 42.5 Å². The molecule has 2 aromatic carbocycles. The molecule has 1 aromatic heterocycles. The molecule has 0 N–H and O–H groups in total. The van der Waals surface area contributed by atoms with Crippen LogP contribution in [0.25, 0.3) is 10.2 Å². The van der Waals surface area contributed by atoms with Gasteiger partial charge in [-0.05, 0) is 51.3 Å². The molecular formula is C21H26ClN3O3S. The number of hydrogen-bond donors (Lipinski definition) is 0. The normalized spacial score (nSPS) is 10.7. The minimum Gasteiger partial charge on any atom is -0.497 e. The second-order valence-corrected chi connectivity index (χ2v) is 7.65. The van der Waals surface area contributed by atoms with Crippen LogP contribution >= 0.6 is 23.7 Å². The first-order valence-electron chi connectivity index (χ1n) is 9.07. The molecule has 0 aliphatic rings. The molecule has 0 bridgehead atoms. The molecule has 0 aliphatic carbocycles. The van der Waals surface area contributed by atoms with Crippen LogP contribution in [-0.4, -0.2) is 57.2 Å². The van der Waals surface area contributed by atoms with Gasteiger partial charge in [0.15, 0.2) is 5.13 Å². The van der Waals surface area contributed by atoms with E-state index in [9.17, 15) is 4.79 Å². The van der Waals surface area contributed by atoms with Crippen molar-refractivity contribution in [2.45, 2.75) is 6.42 Å². The number of methoxy groups -OCH3 is 2. The van der Waals surface area contributed by atoms with Gasteiger partial charge in [0, 0.05) is 12.6 Å². The third-order valence-corrected chi connectivity index (χ3v) is 5.44. The Hall–Kier alpha value is -2.35. The van der Waals surface area contributed by atoms with Crippen molar-refractivity contribution >= 4 is 45.0 Å². The van der Waals surface area contributed by atoms with Gasteiger partial charge in [-0.1, -0.05) is 23.5 Å². The molecule has 0 atom stereocenters. The van der Waals surface area contributed by atoms with Gasteiger partial charge in [-0.25, -0.2) is 4.98 Å². The van der Waals surface area contributed by atoms with E-state index in [1.54, 1.807) is 31.3 Å². The van der Waals surface area contributed by atoms with Gasteiger partial charge in [0.05, 0.1) is 30.0 Å². The zero-order valence-corrected chi connectivity index (χ0v) is 18.7. The third-order valence-electron chi connectivity index (χ3n) is 4.38. The maximum Gasteiger partial charge on any atom is 0.263 e. The number of aromatic nitrogens is 1. The van der Waals surface area contributed by atoms with Gasteiger partial charge < -0.3 is 14.4 Å². The summed E-state index contributed by atoms with van der Waals surface area (Å²) in [4.78, 5) is 21.9. The molecule has 0 aliphatic heterocycles. The Kier molecular flexibility index (Phi) is 8.25. The molecule has 3 rings (SSSR count). The predicted octanol–water partition coefficient (Wildman–Crippen LogP) is 4.33. The number of fused-ring (bicyclic) bond motifs is 1. The molecule has 0 fully saturated rings. The molecular weight excluding hydrogens is 410 g/mol. The molecule has 0 spiro atoms. The lowest BCUT2D eigenvalue weighted by atomic mass is 10.1. The fraction of sp³-hybridized carbons (Fsp3) is 0.333. The predicted molar refractivity (Wildman–Crippen MR) is 121 cm³/mol. The van der Waals surface area contributed by atoms with E-state index in [4.69, 9.17) is 14.5 Å². The number of benzene rings is 2. The molecule has 1 amide bonds. The highest BCUT2D eigenvalue weighted by atomic mass is 35.5. The van der Waals surface area contributed by atoms with Crippen LogP contribution in [0, 0.1) is 0 Å². The van der Waals surface area contributed by atoms with Crippen LogP contribution in [0.4, 0.5) is 5.13 Å². The van der Waals surface area contributed by atoms with Crippen molar-refractivity contribution < 1.29 is 14.3 Å². The Labute approximate surface area is 181 Å². The highest BCUT2D eigenvalue weighted by Crippen LogP contribution is 2.33. The van der Waals surface area contributed by atoms with E-state index >= 15 is 0 Å². The number of para-hydroxylation sites is 1. The van der Waals surface area contributed by atoms with Gasteiger partial charge in [0.1, 0.15) is 11.5 Å². The number of nitrogens with zero attached hydrogens (tertiary/aromatic N) is 3. The lowest BCUT2D eigenvalue weighted by molar-refractivity contribution is 0.0983. The SMILES string of the molecule is COc1ccc2sc(N(CCCN(C)C)C(=O)c3ccccc3OC)nc2c1.Cl. The fourth-order valence-corrected chi connectivity index (χ4v) is 3.90. The number of ether oxygens (including phenoxy) is 2. The summed E-state index contributed by atoms with van der Waals surface area (Å²) in [5, 5.41) is 0.679. The first-order valence-corrected chi connectivity index (χ1v) is 9.89. The minimum absolute atomic E-state index is 0. The van der Waals surface area contributed by atoms with Crippen molar-refractivity contribution in [2.24, 2.45) is 0 Å². The molecule has 0 saturated heterocycles. The van der Waals surface area contributed by atoms with E-state index in [1.807, 2.05) is 44.4 Å². The van der Waals surface area contributed by atoms with E-state index in [0.717, 1.165) is 28.9 Å². The summed E-state index contributed by atoms with van der Waals surface area (Å²) in [7, 11) is 7.26. The standard InChI is InChI=1S/C21H25N3O3S.ClH/c1-23(2)12-7-13-24(20(25)16-8-5-6-9-18(16)27-4)21-22-17-14-15(26-3)10-11-19(17)28-21;/h5-6,8-11,14H,7,12-13H2,1-4H3;1H. The van der Waals surface area contributed by atoms with Crippen molar-refractivity contribution in [3.63, 3.8) is 0 Å². The molecule has 1 heterocycles. The van der Waals surface area contributed by atoms with Gasteiger partial charge in [-0.15, -0.1) is 12.4 Å². The summed E-state index contributed by atoms with van der Waals surface area (Å²) < 4.78 is 11.7. The Morgan fingerprint density at radius 2 is 1.83 bits per heavy atom. The van der Waals surface area contributed by atoms with E-state index in [2.05, 4.69) is 4.90 Å². The molecule has 156 valence electrons. The smallest absolute Gasteiger partial charge is 0.263 e.